The second-order valence-electron chi connectivity index (χ2n) is 7.29. The zero-order valence-electron chi connectivity index (χ0n) is 16.9. The highest BCUT2D eigenvalue weighted by Gasteiger charge is 2.53. The van der Waals surface area contributed by atoms with Crippen molar-refractivity contribution in [3.8, 4) is 0 Å². The summed E-state index contributed by atoms with van der Waals surface area (Å²) in [5.74, 6) is 1.21. The molecule has 1 aliphatic heterocycles. The van der Waals surface area contributed by atoms with Crippen LogP contribution < -0.4 is 10.6 Å². The van der Waals surface area contributed by atoms with Gasteiger partial charge < -0.3 is 15.4 Å². The number of hydrogen-bond donors (Lipinski definition) is 2. The van der Waals surface area contributed by atoms with Crippen LogP contribution in [-0.2, 0) is 20.7 Å². The molecule has 2 amide bonds. The zero-order valence-corrected chi connectivity index (χ0v) is 16.9. The molecule has 1 aromatic rings. The van der Waals surface area contributed by atoms with Crippen LogP contribution in [0, 0.1) is 11.8 Å². The maximum Gasteiger partial charge on any atom is 0.246 e. The third-order valence-electron chi connectivity index (χ3n) is 4.95. The number of benzene rings is 1. The highest BCUT2D eigenvalue weighted by Crippen LogP contribution is 2.43. The lowest BCUT2D eigenvalue weighted by molar-refractivity contribution is -0.117. The van der Waals surface area contributed by atoms with E-state index in [2.05, 4.69) is 29.3 Å². The van der Waals surface area contributed by atoms with E-state index in [1.807, 2.05) is 37.3 Å². The van der Waals surface area contributed by atoms with Crippen LogP contribution in [0.5, 0.6) is 0 Å². The van der Waals surface area contributed by atoms with E-state index in [1.165, 1.54) is 5.56 Å². The fourth-order valence-corrected chi connectivity index (χ4v) is 3.44. The number of nitrogens with one attached hydrogen (secondary N) is 2. The third kappa shape index (κ3) is 6.50. The lowest BCUT2D eigenvalue weighted by Crippen LogP contribution is -2.20. The predicted octanol–water partition coefficient (Wildman–Crippen LogP) is 2.80. The summed E-state index contributed by atoms with van der Waals surface area (Å²) in [5.41, 5.74) is 4.00. The van der Waals surface area contributed by atoms with Gasteiger partial charge in [0.15, 0.2) is 0 Å². The van der Waals surface area contributed by atoms with Crippen LogP contribution in [0.4, 0.5) is 0 Å². The minimum Gasteiger partial charge on any atom is -0.381 e. The fourth-order valence-electron chi connectivity index (χ4n) is 3.44. The van der Waals surface area contributed by atoms with E-state index in [0.717, 1.165) is 37.2 Å². The Morgan fingerprint density at radius 3 is 2.39 bits per heavy atom. The molecule has 1 aliphatic carbocycles. The molecule has 3 rings (SSSR count). The van der Waals surface area contributed by atoms with Crippen molar-refractivity contribution in [3.63, 3.8) is 0 Å². The van der Waals surface area contributed by atoms with Crippen LogP contribution in [0.1, 0.15) is 19.4 Å². The maximum absolute atomic E-state index is 11.4. The summed E-state index contributed by atoms with van der Waals surface area (Å²) in [4.78, 5) is 21.3. The Morgan fingerprint density at radius 1 is 1.18 bits per heavy atom. The Kier molecular flexibility index (Phi) is 8.20. The van der Waals surface area contributed by atoms with Crippen LogP contribution in [-0.4, -0.2) is 38.6 Å². The largest absolute Gasteiger partial charge is 0.381 e. The van der Waals surface area contributed by atoms with E-state index >= 15 is 0 Å². The first kappa shape index (κ1) is 21.6. The van der Waals surface area contributed by atoms with E-state index in [-0.39, 0.29) is 5.91 Å². The van der Waals surface area contributed by atoms with Crippen LogP contribution in [0.25, 0.3) is 0 Å². The van der Waals surface area contributed by atoms with Crippen molar-refractivity contribution in [1.82, 2.24) is 10.6 Å². The van der Waals surface area contributed by atoms with E-state index in [0.29, 0.717) is 23.5 Å². The van der Waals surface area contributed by atoms with Crippen molar-refractivity contribution in [2.75, 3.05) is 20.3 Å². The Hall–Kier alpha value is -2.66. The number of carbonyl (C=O) groups excluding carboxylic acids is 2. The second kappa shape index (κ2) is 10.6. The summed E-state index contributed by atoms with van der Waals surface area (Å²) in [6, 6.07) is 10.7. The molecule has 2 unspecified atom stereocenters. The van der Waals surface area contributed by atoms with Gasteiger partial charge in [-0.1, -0.05) is 60.2 Å². The van der Waals surface area contributed by atoms with Crippen molar-refractivity contribution in [2.24, 2.45) is 11.8 Å². The Labute approximate surface area is 167 Å². The average molecular weight is 383 g/mol. The molecule has 0 aromatic heterocycles. The topological polar surface area (TPSA) is 67.4 Å². The maximum atomic E-state index is 11.4. The van der Waals surface area contributed by atoms with Crippen LogP contribution >= 0.6 is 0 Å². The van der Waals surface area contributed by atoms with Gasteiger partial charge in [0.1, 0.15) is 0 Å². The van der Waals surface area contributed by atoms with Gasteiger partial charge in [0.25, 0.3) is 0 Å². The first-order valence-corrected chi connectivity index (χ1v) is 9.54. The molecule has 0 spiro atoms. The van der Waals surface area contributed by atoms with Crippen molar-refractivity contribution in [3.05, 3.63) is 71.3 Å². The van der Waals surface area contributed by atoms with Gasteiger partial charge in [0.2, 0.25) is 12.3 Å². The standard InChI is InChI=1S/C17H21NO.C6H9NO2/c1-13(11-15(3)17(19)18-4)10-14(2)12-16-8-6-5-7-9-16;8-3-7-6-4-1-9-2-5(4)6/h5-11H,2,12H2,1,3-4H3,(H,18,19);3-6H,1-2H2,(H,7,8)/b13-10-,15-11+;. The van der Waals surface area contributed by atoms with Crippen molar-refractivity contribution in [2.45, 2.75) is 26.3 Å². The lowest BCUT2D eigenvalue weighted by Gasteiger charge is -2.03. The van der Waals surface area contributed by atoms with Crippen molar-refractivity contribution in [1.29, 1.82) is 0 Å². The molecule has 2 atom stereocenters. The smallest absolute Gasteiger partial charge is 0.246 e. The van der Waals surface area contributed by atoms with E-state index in [9.17, 15) is 9.59 Å². The monoisotopic (exact) mass is 382 g/mol. The minimum absolute atomic E-state index is 0.0542. The molecule has 150 valence electrons. The van der Waals surface area contributed by atoms with Gasteiger partial charge in [-0.2, -0.15) is 0 Å². The molecule has 0 radical (unpaired) electrons. The quantitative estimate of drug-likeness (QED) is 0.433. The summed E-state index contributed by atoms with van der Waals surface area (Å²) in [5, 5.41) is 5.37. The molecule has 2 aliphatic rings. The van der Waals surface area contributed by atoms with Crippen LogP contribution in [0.15, 0.2) is 65.8 Å². The number of allylic oxidation sites excluding steroid dienone is 4. The number of fused-ring (bicyclic) bond motifs is 1. The van der Waals surface area contributed by atoms with E-state index in [4.69, 9.17) is 4.74 Å². The Bertz CT molecular complexity index is 742. The van der Waals surface area contributed by atoms with Gasteiger partial charge in [-0.3, -0.25) is 9.59 Å². The van der Waals surface area contributed by atoms with E-state index < -0.39 is 0 Å². The highest BCUT2D eigenvalue weighted by atomic mass is 16.5. The van der Waals surface area contributed by atoms with Gasteiger partial charge in [-0.25, -0.2) is 0 Å². The van der Waals surface area contributed by atoms with Gasteiger partial charge in [0.05, 0.1) is 13.2 Å². The molecule has 5 heteroatoms. The molecule has 1 aromatic carbocycles. The van der Waals surface area contributed by atoms with Gasteiger partial charge in [-0.05, 0) is 25.8 Å². The zero-order chi connectivity index (χ0) is 20.5. The third-order valence-corrected chi connectivity index (χ3v) is 4.95. The van der Waals surface area contributed by atoms with Gasteiger partial charge in [-0.15, -0.1) is 0 Å². The van der Waals surface area contributed by atoms with Crippen molar-refractivity contribution >= 4 is 12.3 Å². The number of carbonyl (C=O) groups is 2. The molecule has 1 saturated heterocycles. The molecule has 28 heavy (non-hydrogen) atoms. The van der Waals surface area contributed by atoms with Crippen molar-refractivity contribution < 1.29 is 14.3 Å². The van der Waals surface area contributed by atoms with Crippen LogP contribution in [0.2, 0.25) is 0 Å². The van der Waals surface area contributed by atoms with E-state index in [1.54, 1.807) is 14.0 Å². The van der Waals surface area contributed by atoms with Gasteiger partial charge in [0, 0.05) is 30.5 Å². The first-order chi connectivity index (χ1) is 13.5. The normalized spacial score (nSPS) is 23.0. The van der Waals surface area contributed by atoms with Gasteiger partial charge >= 0.3 is 0 Å². The average Bonchev–Trinajstić information content (AvgIpc) is 3.10. The first-order valence-electron chi connectivity index (χ1n) is 9.54. The molecular formula is C23H30N2O3. The summed E-state index contributed by atoms with van der Waals surface area (Å²) in [7, 11) is 1.63. The predicted molar refractivity (Wildman–Crippen MR) is 112 cm³/mol. The fraction of sp³-hybridized carbons (Fsp3) is 0.391. The Morgan fingerprint density at radius 2 is 1.82 bits per heavy atom. The second-order valence-corrected chi connectivity index (χ2v) is 7.29. The molecule has 2 N–H and O–H groups in total. The molecule has 1 heterocycles. The minimum atomic E-state index is -0.0542. The number of hydrogen-bond acceptors (Lipinski definition) is 3. The summed E-state index contributed by atoms with van der Waals surface area (Å²) < 4.78 is 5.13. The molecular weight excluding hydrogens is 352 g/mol. The van der Waals surface area contributed by atoms with Crippen LogP contribution in [0.3, 0.4) is 0 Å². The summed E-state index contributed by atoms with van der Waals surface area (Å²) in [6.07, 6.45) is 5.49. The lowest BCUT2D eigenvalue weighted by atomic mass is 10.0. The SMILES string of the molecule is C=C(/C=C(C)\C=C(/C)C(=O)NC)Cc1ccccc1.O=CNC1C2COCC21. The molecule has 1 saturated carbocycles. The molecule has 2 fully saturated rings. The number of likely N-dealkylation sites (N-methyl/N-ethyl adjacent to an activating group) is 1. The number of amides is 2. The molecule has 5 nitrogen and oxygen atoms in total. The number of rotatable bonds is 7. The number of ether oxygens (including phenoxy) is 1. The Balaban J connectivity index is 0.000000255. The highest BCUT2D eigenvalue weighted by molar-refractivity contribution is 5.93. The summed E-state index contributed by atoms with van der Waals surface area (Å²) >= 11 is 0. The molecule has 0 bridgehead atoms. The summed E-state index contributed by atoms with van der Waals surface area (Å²) in [6.45, 7) is 9.52.